The van der Waals surface area contributed by atoms with Gasteiger partial charge in [-0.05, 0) is 91.2 Å². The molecule has 41 heavy (non-hydrogen) atoms. The molecule has 2 aliphatic rings. The van der Waals surface area contributed by atoms with Crippen LogP contribution in [0.5, 0.6) is 17.2 Å². The van der Waals surface area contributed by atoms with E-state index in [0.717, 1.165) is 106 Å². The topological polar surface area (TPSA) is 74.5 Å². The Morgan fingerprint density at radius 3 is 1.71 bits per heavy atom. The Balaban J connectivity index is 1.49. The maximum atomic E-state index is 5.43. The molecule has 0 saturated heterocycles. The summed E-state index contributed by atoms with van der Waals surface area (Å²) >= 11 is 0. The van der Waals surface area contributed by atoms with Crippen molar-refractivity contribution in [1.29, 1.82) is 0 Å². The highest BCUT2D eigenvalue weighted by molar-refractivity contribution is 5.92. The highest BCUT2D eigenvalue weighted by atomic mass is 16.5. The van der Waals surface area contributed by atoms with E-state index in [-0.39, 0.29) is 0 Å². The van der Waals surface area contributed by atoms with Crippen LogP contribution in [0, 0.1) is 0 Å². The zero-order valence-corrected chi connectivity index (χ0v) is 23.4. The van der Waals surface area contributed by atoms with Crippen LogP contribution in [-0.4, -0.2) is 54.2 Å². The summed E-state index contributed by atoms with van der Waals surface area (Å²) < 4.78 is 18.6. The third-order valence-electron chi connectivity index (χ3n) is 8.07. The van der Waals surface area contributed by atoms with Gasteiger partial charge in [-0.2, -0.15) is 0 Å². The van der Waals surface area contributed by atoms with Crippen molar-refractivity contribution in [2.75, 3.05) is 39.3 Å². The highest BCUT2D eigenvalue weighted by Gasteiger charge is 2.34. The summed E-state index contributed by atoms with van der Waals surface area (Å²) in [5.41, 5.74) is 7.92. The molecule has 0 bridgehead atoms. The number of methoxy groups -OCH3 is 3. The molecule has 0 radical (unpaired) electrons. The molecule has 8 nitrogen and oxygen atoms in total. The average Bonchev–Trinajstić information content (AvgIpc) is 3.34. The molecule has 0 saturated carbocycles. The summed E-state index contributed by atoms with van der Waals surface area (Å²) in [7, 11) is 5.05. The quantitative estimate of drug-likeness (QED) is 0.254. The second-order valence-corrected chi connectivity index (χ2v) is 10.3. The SMILES string of the molecule is COc1ccc(-c2nnc(-c3ccc(OC)cc3)c3c2CCN2CCCn4c(-c5ccc(OC)cc5)nc-3c42)cc1. The fourth-order valence-electron chi connectivity index (χ4n) is 6.00. The minimum absolute atomic E-state index is 0.801. The van der Waals surface area contributed by atoms with Crippen molar-refractivity contribution in [3.05, 3.63) is 78.4 Å². The number of hydrogen-bond donors (Lipinski definition) is 0. The first-order valence-corrected chi connectivity index (χ1v) is 13.9. The maximum Gasteiger partial charge on any atom is 0.142 e. The van der Waals surface area contributed by atoms with E-state index in [0.29, 0.717) is 0 Å². The molecule has 0 atom stereocenters. The monoisotopic (exact) mass is 545 g/mol. The summed E-state index contributed by atoms with van der Waals surface area (Å²) in [6.45, 7) is 2.78. The van der Waals surface area contributed by atoms with Gasteiger partial charge >= 0.3 is 0 Å². The molecule has 0 N–H and O–H groups in total. The van der Waals surface area contributed by atoms with Crippen molar-refractivity contribution in [2.45, 2.75) is 19.4 Å². The second kappa shape index (κ2) is 10.3. The van der Waals surface area contributed by atoms with Gasteiger partial charge in [-0.1, -0.05) is 0 Å². The average molecular weight is 546 g/mol. The van der Waals surface area contributed by atoms with E-state index < -0.39 is 0 Å². The summed E-state index contributed by atoms with van der Waals surface area (Å²) in [5, 5.41) is 9.71. The number of rotatable bonds is 6. The summed E-state index contributed by atoms with van der Waals surface area (Å²) in [6.07, 6.45) is 1.90. The van der Waals surface area contributed by atoms with Gasteiger partial charge in [0.25, 0.3) is 0 Å². The van der Waals surface area contributed by atoms with E-state index in [1.165, 1.54) is 0 Å². The standard InChI is InChI=1S/C33H31N5O3/c1-39-24-11-5-21(6-12-24)29-27-17-20-37-18-4-19-38-32(23-9-15-26(41-3)16-10-23)34-31(33(37)38)28(27)30(36-35-29)22-7-13-25(40-2)14-8-22/h5-16H,4,17-20H2,1-3H3. The predicted molar refractivity (Wildman–Crippen MR) is 160 cm³/mol. The van der Waals surface area contributed by atoms with Gasteiger partial charge in [0.1, 0.15) is 40.3 Å². The lowest BCUT2D eigenvalue weighted by atomic mass is 9.94. The number of anilines is 1. The van der Waals surface area contributed by atoms with Gasteiger partial charge < -0.3 is 23.7 Å². The third-order valence-corrected chi connectivity index (χ3v) is 8.07. The number of benzene rings is 3. The van der Waals surface area contributed by atoms with Gasteiger partial charge in [-0.25, -0.2) is 4.98 Å². The van der Waals surface area contributed by atoms with Crippen molar-refractivity contribution < 1.29 is 14.2 Å². The van der Waals surface area contributed by atoms with Gasteiger partial charge in [0.2, 0.25) is 0 Å². The first-order valence-electron chi connectivity index (χ1n) is 13.9. The van der Waals surface area contributed by atoms with Gasteiger partial charge in [-0.3, -0.25) is 0 Å². The van der Waals surface area contributed by atoms with Crippen LogP contribution >= 0.6 is 0 Å². The second-order valence-electron chi connectivity index (χ2n) is 10.3. The fraction of sp³-hybridized carbons (Fsp3) is 0.242. The van der Waals surface area contributed by atoms with Crippen LogP contribution in [0.1, 0.15) is 12.0 Å². The summed E-state index contributed by atoms with van der Waals surface area (Å²) in [4.78, 5) is 7.87. The molecule has 8 heteroatoms. The minimum Gasteiger partial charge on any atom is -0.497 e. The molecule has 2 aliphatic heterocycles. The van der Waals surface area contributed by atoms with E-state index in [2.05, 4.69) is 33.7 Å². The molecule has 5 aromatic rings. The van der Waals surface area contributed by atoms with Gasteiger partial charge in [-0.15, -0.1) is 10.2 Å². The molecule has 0 amide bonds. The number of imidazole rings is 1. The smallest absolute Gasteiger partial charge is 0.142 e. The van der Waals surface area contributed by atoms with E-state index in [1.54, 1.807) is 21.3 Å². The number of ether oxygens (including phenoxy) is 3. The van der Waals surface area contributed by atoms with Crippen molar-refractivity contribution >= 4 is 5.82 Å². The van der Waals surface area contributed by atoms with Crippen molar-refractivity contribution in [3.63, 3.8) is 0 Å². The van der Waals surface area contributed by atoms with Gasteiger partial charge in [0, 0.05) is 41.9 Å². The molecule has 4 heterocycles. The number of fused-ring (bicyclic) bond motifs is 2. The molecular formula is C33H31N5O3. The molecule has 2 aromatic heterocycles. The van der Waals surface area contributed by atoms with Crippen LogP contribution in [0.3, 0.4) is 0 Å². The third kappa shape index (κ3) is 4.27. The van der Waals surface area contributed by atoms with Gasteiger partial charge in [0.15, 0.2) is 0 Å². The zero-order valence-electron chi connectivity index (χ0n) is 23.4. The lowest BCUT2D eigenvalue weighted by Crippen LogP contribution is -2.33. The molecule has 7 rings (SSSR count). The number of nitrogens with zero attached hydrogens (tertiary/aromatic N) is 5. The van der Waals surface area contributed by atoms with E-state index in [9.17, 15) is 0 Å². The highest BCUT2D eigenvalue weighted by Crippen LogP contribution is 2.46. The van der Waals surface area contributed by atoms with Crippen LogP contribution in [0.15, 0.2) is 72.8 Å². The number of hydrogen-bond acceptors (Lipinski definition) is 7. The molecule has 3 aromatic carbocycles. The Morgan fingerprint density at radius 2 is 1.12 bits per heavy atom. The zero-order chi connectivity index (χ0) is 27.9. The number of aromatic nitrogens is 4. The van der Waals surface area contributed by atoms with E-state index in [4.69, 9.17) is 29.4 Å². The van der Waals surface area contributed by atoms with Crippen molar-refractivity contribution in [1.82, 2.24) is 19.7 Å². The predicted octanol–water partition coefficient (Wildman–Crippen LogP) is 6.13. The van der Waals surface area contributed by atoms with Crippen LogP contribution in [0.2, 0.25) is 0 Å². The Labute approximate surface area is 239 Å². The first kappa shape index (κ1) is 25.1. The Kier molecular flexibility index (Phi) is 6.30. The molecule has 0 aliphatic carbocycles. The molecule has 0 spiro atoms. The van der Waals surface area contributed by atoms with Crippen LogP contribution < -0.4 is 19.1 Å². The summed E-state index contributed by atoms with van der Waals surface area (Å²) in [5.74, 6) is 4.55. The van der Waals surface area contributed by atoms with E-state index in [1.807, 2.05) is 48.5 Å². The molecule has 0 fully saturated rings. The molecule has 0 unspecified atom stereocenters. The Morgan fingerprint density at radius 1 is 0.585 bits per heavy atom. The van der Waals surface area contributed by atoms with E-state index >= 15 is 0 Å². The maximum absolute atomic E-state index is 5.43. The van der Waals surface area contributed by atoms with Crippen LogP contribution in [-0.2, 0) is 13.0 Å². The molecule has 206 valence electrons. The molecular weight excluding hydrogens is 514 g/mol. The first-order chi connectivity index (χ1) is 20.2. The van der Waals surface area contributed by atoms with Crippen LogP contribution in [0.4, 0.5) is 5.82 Å². The van der Waals surface area contributed by atoms with Crippen LogP contribution in [0.25, 0.3) is 45.2 Å². The van der Waals surface area contributed by atoms with Gasteiger partial charge in [0.05, 0.1) is 27.0 Å². The lowest BCUT2D eigenvalue weighted by molar-refractivity contribution is 0.414. The van der Waals surface area contributed by atoms with Crippen molar-refractivity contribution in [2.24, 2.45) is 0 Å². The summed E-state index contributed by atoms with van der Waals surface area (Å²) in [6, 6.07) is 24.2. The van der Waals surface area contributed by atoms with Crippen molar-refractivity contribution in [3.8, 4) is 62.4 Å². The largest absolute Gasteiger partial charge is 0.497 e. The fourth-order valence-corrected chi connectivity index (χ4v) is 6.00. The minimum atomic E-state index is 0.801. The Hall–Kier alpha value is -4.85. The Bertz CT molecular complexity index is 1710. The normalized spacial score (nSPS) is 13.7. The lowest BCUT2D eigenvalue weighted by Gasteiger charge is -2.30.